The lowest BCUT2D eigenvalue weighted by Gasteiger charge is -2.14. The van der Waals surface area contributed by atoms with Crippen molar-refractivity contribution in [1.29, 1.82) is 0 Å². The summed E-state index contributed by atoms with van der Waals surface area (Å²) in [5.41, 5.74) is 6.78. The van der Waals surface area contributed by atoms with Crippen LogP contribution in [0.2, 0.25) is 0 Å². The number of carbonyl (C=O) groups is 2. The van der Waals surface area contributed by atoms with Crippen LogP contribution in [0.15, 0.2) is 0 Å². The van der Waals surface area contributed by atoms with Crippen LogP contribution < -0.4 is 16.5 Å². The number of amides is 2. The standard InChI is InChI=1S/C11H23N3O3/c1-2-3-4-5-6-7-10(15)13-9(8-12)11(16)14-17/h9,17H,2-8,12H2,1H3,(H,13,15)(H,14,16). The highest BCUT2D eigenvalue weighted by atomic mass is 16.5. The van der Waals surface area contributed by atoms with E-state index in [0.717, 1.165) is 25.7 Å². The molecule has 0 heterocycles. The summed E-state index contributed by atoms with van der Waals surface area (Å²) in [7, 11) is 0. The van der Waals surface area contributed by atoms with Gasteiger partial charge in [-0.1, -0.05) is 32.6 Å². The Labute approximate surface area is 102 Å². The first kappa shape index (κ1) is 15.9. The molecule has 0 radical (unpaired) electrons. The second-order valence-electron chi connectivity index (χ2n) is 4.00. The Balaban J connectivity index is 3.72. The molecule has 6 heteroatoms. The highest BCUT2D eigenvalue weighted by Gasteiger charge is 2.17. The van der Waals surface area contributed by atoms with E-state index in [1.165, 1.54) is 11.9 Å². The van der Waals surface area contributed by atoms with Gasteiger partial charge in [-0.2, -0.15) is 0 Å². The number of carbonyl (C=O) groups excluding carboxylic acids is 2. The summed E-state index contributed by atoms with van der Waals surface area (Å²) in [6.07, 6.45) is 5.68. The first-order valence-electron chi connectivity index (χ1n) is 6.09. The predicted molar refractivity (Wildman–Crippen MR) is 64.3 cm³/mol. The molecule has 0 aliphatic heterocycles. The first-order chi connectivity index (χ1) is 8.15. The van der Waals surface area contributed by atoms with E-state index in [9.17, 15) is 9.59 Å². The van der Waals surface area contributed by atoms with Crippen LogP contribution in [0.5, 0.6) is 0 Å². The Bertz CT molecular complexity index is 234. The molecule has 0 aromatic carbocycles. The van der Waals surface area contributed by atoms with E-state index in [4.69, 9.17) is 10.9 Å². The maximum Gasteiger partial charge on any atom is 0.267 e. The van der Waals surface area contributed by atoms with Gasteiger partial charge in [-0.25, -0.2) is 5.48 Å². The zero-order valence-electron chi connectivity index (χ0n) is 10.4. The molecule has 0 rings (SSSR count). The summed E-state index contributed by atoms with van der Waals surface area (Å²) in [6.45, 7) is 2.10. The van der Waals surface area contributed by atoms with Crippen molar-refractivity contribution in [2.45, 2.75) is 51.5 Å². The van der Waals surface area contributed by atoms with E-state index in [1.807, 2.05) is 0 Å². The first-order valence-corrected chi connectivity index (χ1v) is 6.09. The van der Waals surface area contributed by atoms with Crippen LogP contribution in [0.25, 0.3) is 0 Å². The molecule has 100 valence electrons. The van der Waals surface area contributed by atoms with Gasteiger partial charge in [0.2, 0.25) is 5.91 Å². The number of hydroxylamine groups is 1. The molecule has 0 aromatic heterocycles. The summed E-state index contributed by atoms with van der Waals surface area (Å²) in [6, 6.07) is -0.858. The average Bonchev–Trinajstić information content (AvgIpc) is 2.34. The smallest absolute Gasteiger partial charge is 0.267 e. The number of rotatable bonds is 9. The molecule has 0 aliphatic carbocycles. The van der Waals surface area contributed by atoms with Crippen molar-refractivity contribution in [3.05, 3.63) is 0 Å². The van der Waals surface area contributed by atoms with Gasteiger partial charge in [0.15, 0.2) is 0 Å². The molecular formula is C11H23N3O3. The third-order valence-electron chi connectivity index (χ3n) is 2.50. The minimum absolute atomic E-state index is 0.0338. The van der Waals surface area contributed by atoms with Crippen LogP contribution in [-0.4, -0.2) is 29.6 Å². The summed E-state index contributed by atoms with van der Waals surface area (Å²) in [5, 5.41) is 10.9. The molecule has 6 nitrogen and oxygen atoms in total. The molecule has 5 N–H and O–H groups in total. The van der Waals surface area contributed by atoms with Crippen molar-refractivity contribution < 1.29 is 14.8 Å². The van der Waals surface area contributed by atoms with Gasteiger partial charge in [0.1, 0.15) is 6.04 Å². The molecule has 0 spiro atoms. The normalized spacial score (nSPS) is 11.9. The van der Waals surface area contributed by atoms with Gasteiger partial charge >= 0.3 is 0 Å². The highest BCUT2D eigenvalue weighted by molar-refractivity contribution is 5.87. The Kier molecular flexibility index (Phi) is 9.37. The van der Waals surface area contributed by atoms with Gasteiger partial charge in [0.05, 0.1) is 0 Å². The molecule has 17 heavy (non-hydrogen) atoms. The zero-order valence-corrected chi connectivity index (χ0v) is 10.4. The topological polar surface area (TPSA) is 104 Å². The van der Waals surface area contributed by atoms with Crippen molar-refractivity contribution in [3.63, 3.8) is 0 Å². The van der Waals surface area contributed by atoms with E-state index in [2.05, 4.69) is 12.2 Å². The number of nitrogens with one attached hydrogen (secondary N) is 2. The fourth-order valence-corrected chi connectivity index (χ4v) is 1.47. The van der Waals surface area contributed by atoms with Gasteiger partial charge in [0.25, 0.3) is 5.91 Å². The molecular weight excluding hydrogens is 222 g/mol. The lowest BCUT2D eigenvalue weighted by molar-refractivity contribution is -0.134. The molecule has 0 saturated heterocycles. The second kappa shape index (κ2) is 10.0. The number of hydrogen-bond acceptors (Lipinski definition) is 4. The second-order valence-corrected chi connectivity index (χ2v) is 4.00. The van der Waals surface area contributed by atoms with E-state index in [0.29, 0.717) is 6.42 Å². The lowest BCUT2D eigenvalue weighted by atomic mass is 10.1. The van der Waals surface area contributed by atoms with Crippen molar-refractivity contribution in [2.75, 3.05) is 6.54 Å². The largest absolute Gasteiger partial charge is 0.343 e. The van der Waals surface area contributed by atoms with Crippen LogP contribution in [0, 0.1) is 0 Å². The van der Waals surface area contributed by atoms with E-state index in [-0.39, 0.29) is 12.5 Å². The summed E-state index contributed by atoms with van der Waals surface area (Å²) < 4.78 is 0. The molecule has 0 aromatic rings. The predicted octanol–water partition coefficient (Wildman–Crippen LogP) is 0.296. The fourth-order valence-electron chi connectivity index (χ4n) is 1.47. The SMILES string of the molecule is CCCCCCCC(=O)NC(CN)C(=O)NO. The Morgan fingerprint density at radius 2 is 1.88 bits per heavy atom. The van der Waals surface area contributed by atoms with Crippen LogP contribution in [0.3, 0.4) is 0 Å². The zero-order chi connectivity index (χ0) is 13.1. The van der Waals surface area contributed by atoms with Crippen molar-refractivity contribution in [3.8, 4) is 0 Å². The molecule has 0 saturated carbocycles. The summed E-state index contributed by atoms with van der Waals surface area (Å²) in [5.74, 6) is -0.896. The number of hydrogen-bond donors (Lipinski definition) is 4. The molecule has 0 aliphatic rings. The van der Waals surface area contributed by atoms with Gasteiger partial charge < -0.3 is 11.1 Å². The van der Waals surface area contributed by atoms with Crippen molar-refractivity contribution in [2.24, 2.45) is 5.73 Å². The van der Waals surface area contributed by atoms with Gasteiger partial charge in [-0.05, 0) is 6.42 Å². The highest BCUT2D eigenvalue weighted by Crippen LogP contribution is 2.04. The van der Waals surface area contributed by atoms with E-state index < -0.39 is 11.9 Å². The van der Waals surface area contributed by atoms with Gasteiger partial charge in [-0.3, -0.25) is 14.8 Å². The van der Waals surface area contributed by atoms with Crippen LogP contribution in [0.1, 0.15) is 45.4 Å². The molecule has 1 atom stereocenters. The summed E-state index contributed by atoms with van der Waals surface area (Å²) in [4.78, 5) is 22.5. The third kappa shape index (κ3) is 7.70. The fraction of sp³-hybridized carbons (Fsp3) is 0.818. The minimum Gasteiger partial charge on any atom is -0.343 e. The monoisotopic (exact) mass is 245 g/mol. The quantitative estimate of drug-likeness (QED) is 0.266. The van der Waals surface area contributed by atoms with E-state index in [1.54, 1.807) is 0 Å². The van der Waals surface area contributed by atoms with E-state index >= 15 is 0 Å². The van der Waals surface area contributed by atoms with Crippen LogP contribution in [0.4, 0.5) is 0 Å². The number of unbranched alkanes of at least 4 members (excludes halogenated alkanes) is 4. The maximum atomic E-state index is 11.4. The lowest BCUT2D eigenvalue weighted by Crippen LogP contribution is -2.50. The molecule has 0 bridgehead atoms. The van der Waals surface area contributed by atoms with Crippen LogP contribution in [-0.2, 0) is 9.59 Å². The number of nitrogens with two attached hydrogens (primary N) is 1. The minimum atomic E-state index is -0.858. The van der Waals surface area contributed by atoms with Crippen LogP contribution >= 0.6 is 0 Å². The van der Waals surface area contributed by atoms with Crippen molar-refractivity contribution in [1.82, 2.24) is 10.8 Å². The molecule has 1 unspecified atom stereocenters. The third-order valence-corrected chi connectivity index (χ3v) is 2.50. The molecule has 2 amide bonds. The Morgan fingerprint density at radius 3 is 2.41 bits per heavy atom. The Hall–Kier alpha value is -1.14. The maximum absolute atomic E-state index is 11.4. The summed E-state index contributed by atoms with van der Waals surface area (Å²) >= 11 is 0. The average molecular weight is 245 g/mol. The molecule has 0 fully saturated rings. The van der Waals surface area contributed by atoms with Gasteiger partial charge in [0, 0.05) is 13.0 Å². The van der Waals surface area contributed by atoms with Crippen molar-refractivity contribution >= 4 is 11.8 Å². The Morgan fingerprint density at radius 1 is 1.24 bits per heavy atom. The van der Waals surface area contributed by atoms with Gasteiger partial charge in [-0.15, -0.1) is 0 Å².